The Morgan fingerprint density at radius 1 is 1.62 bits per heavy atom. The Morgan fingerprint density at radius 2 is 2.25 bits per heavy atom. The van der Waals surface area contributed by atoms with Gasteiger partial charge in [-0.15, -0.1) is 0 Å². The van der Waals surface area contributed by atoms with Gasteiger partial charge in [-0.05, 0) is 6.42 Å². The Labute approximate surface area is 47.8 Å². The fraction of sp³-hybridized carbons (Fsp3) is 1.00. The number of hydrogen-bond acceptors (Lipinski definition) is 4. The third-order valence-corrected chi connectivity index (χ3v) is 0.751. The number of aliphatic hydroxyl groups excluding tert-OH is 2. The van der Waals surface area contributed by atoms with Crippen molar-refractivity contribution in [1.29, 1.82) is 0 Å². The maximum atomic E-state index is 8.68. The highest BCUT2D eigenvalue weighted by Crippen LogP contribution is 1.87. The number of rotatable bonds is 4. The highest BCUT2D eigenvalue weighted by Gasteiger charge is 1.99. The van der Waals surface area contributed by atoms with E-state index in [-0.39, 0.29) is 13.2 Å². The lowest BCUT2D eigenvalue weighted by Crippen LogP contribution is -2.18. The van der Waals surface area contributed by atoms with Crippen molar-refractivity contribution in [2.45, 2.75) is 12.5 Å². The van der Waals surface area contributed by atoms with Gasteiger partial charge in [0.1, 0.15) is 0 Å². The Kier molecular flexibility index (Phi) is 4.89. The summed E-state index contributed by atoms with van der Waals surface area (Å²) in [6.45, 7) is 0.0467. The molecule has 0 aliphatic carbocycles. The third-order valence-electron chi connectivity index (χ3n) is 0.751. The summed E-state index contributed by atoms with van der Waals surface area (Å²) < 4.78 is 0. The lowest BCUT2D eigenvalue weighted by molar-refractivity contribution is 0.0238. The van der Waals surface area contributed by atoms with Gasteiger partial charge in [-0.1, -0.05) is 0 Å². The lowest BCUT2D eigenvalue weighted by atomic mass is 10.3. The molecule has 4 N–H and O–H groups in total. The monoisotopic (exact) mass is 121 g/mol. The first-order chi connectivity index (χ1) is 3.81. The standard InChI is InChI=1S/C4H11NO3/c5-8-3-4(7)1-2-6/h4,6-7H,1-3,5H2/t4-/m0/s1. The zero-order valence-corrected chi connectivity index (χ0v) is 4.58. The van der Waals surface area contributed by atoms with E-state index in [1.54, 1.807) is 0 Å². The lowest BCUT2D eigenvalue weighted by Gasteiger charge is -2.04. The van der Waals surface area contributed by atoms with Crippen LogP contribution in [0.3, 0.4) is 0 Å². The molecule has 0 aromatic heterocycles. The summed E-state index contributed by atoms with van der Waals surface area (Å²) in [6, 6.07) is 0. The molecule has 0 heterocycles. The molecule has 0 bridgehead atoms. The predicted molar refractivity (Wildman–Crippen MR) is 27.8 cm³/mol. The SMILES string of the molecule is NOC[C@@H](O)CCO. The molecule has 50 valence electrons. The molecule has 8 heavy (non-hydrogen) atoms. The molecular weight excluding hydrogens is 110 g/mol. The molecule has 0 saturated carbocycles. The van der Waals surface area contributed by atoms with Gasteiger partial charge in [0, 0.05) is 6.61 Å². The summed E-state index contributed by atoms with van der Waals surface area (Å²) in [5.41, 5.74) is 0. The van der Waals surface area contributed by atoms with Crippen molar-refractivity contribution in [1.82, 2.24) is 0 Å². The van der Waals surface area contributed by atoms with Crippen molar-refractivity contribution in [3.8, 4) is 0 Å². The minimum absolute atomic E-state index is 0.0372. The van der Waals surface area contributed by atoms with Crippen LogP contribution in [0.2, 0.25) is 0 Å². The van der Waals surface area contributed by atoms with Crippen LogP contribution in [0.5, 0.6) is 0 Å². The van der Waals surface area contributed by atoms with E-state index >= 15 is 0 Å². The van der Waals surface area contributed by atoms with Crippen LogP contribution in [0.25, 0.3) is 0 Å². The van der Waals surface area contributed by atoms with Crippen molar-refractivity contribution in [3.05, 3.63) is 0 Å². The molecule has 0 radical (unpaired) electrons. The summed E-state index contributed by atoms with van der Waals surface area (Å²) in [4.78, 5) is 4.10. The molecular formula is C4H11NO3. The first kappa shape index (κ1) is 7.84. The fourth-order valence-electron chi connectivity index (χ4n) is 0.343. The molecule has 1 atom stereocenters. The quantitative estimate of drug-likeness (QED) is 0.401. The van der Waals surface area contributed by atoms with Gasteiger partial charge in [0.2, 0.25) is 0 Å². The van der Waals surface area contributed by atoms with E-state index in [9.17, 15) is 0 Å². The number of aliphatic hydroxyl groups is 2. The largest absolute Gasteiger partial charge is 0.396 e. The molecule has 0 saturated heterocycles. The van der Waals surface area contributed by atoms with Crippen molar-refractivity contribution in [3.63, 3.8) is 0 Å². The molecule has 0 unspecified atom stereocenters. The van der Waals surface area contributed by atoms with Crippen LogP contribution in [-0.2, 0) is 4.84 Å². The van der Waals surface area contributed by atoms with E-state index in [1.165, 1.54) is 0 Å². The van der Waals surface area contributed by atoms with Crippen LogP contribution in [-0.4, -0.2) is 29.5 Å². The second-order valence-electron chi connectivity index (χ2n) is 1.50. The van der Waals surface area contributed by atoms with Crippen LogP contribution in [0.4, 0.5) is 0 Å². The molecule has 0 spiro atoms. The zero-order valence-electron chi connectivity index (χ0n) is 4.58. The van der Waals surface area contributed by atoms with E-state index in [1.807, 2.05) is 0 Å². The minimum Gasteiger partial charge on any atom is -0.396 e. The van der Waals surface area contributed by atoms with Crippen LogP contribution in [0, 0.1) is 0 Å². The van der Waals surface area contributed by atoms with E-state index in [2.05, 4.69) is 10.7 Å². The van der Waals surface area contributed by atoms with Gasteiger partial charge in [-0.3, -0.25) is 0 Å². The summed E-state index contributed by atoms with van der Waals surface area (Å²) in [5.74, 6) is 4.62. The molecule has 0 aliphatic heterocycles. The molecule has 0 rings (SSSR count). The molecule has 0 amide bonds. The summed E-state index contributed by atoms with van der Waals surface area (Å²) >= 11 is 0. The van der Waals surface area contributed by atoms with E-state index in [0.717, 1.165) is 0 Å². The molecule has 4 heteroatoms. The van der Waals surface area contributed by atoms with Crippen molar-refractivity contribution >= 4 is 0 Å². The van der Waals surface area contributed by atoms with E-state index in [0.29, 0.717) is 6.42 Å². The summed E-state index contributed by atoms with van der Waals surface area (Å²) in [6.07, 6.45) is -0.318. The Hall–Kier alpha value is -0.160. The van der Waals surface area contributed by atoms with Gasteiger partial charge in [-0.2, -0.15) is 0 Å². The fourth-order valence-corrected chi connectivity index (χ4v) is 0.343. The first-order valence-electron chi connectivity index (χ1n) is 2.42. The van der Waals surface area contributed by atoms with E-state index < -0.39 is 6.10 Å². The van der Waals surface area contributed by atoms with Gasteiger partial charge < -0.3 is 15.1 Å². The maximum Gasteiger partial charge on any atom is 0.0939 e. The van der Waals surface area contributed by atoms with Gasteiger partial charge in [-0.25, -0.2) is 5.90 Å². The van der Waals surface area contributed by atoms with Crippen LogP contribution < -0.4 is 5.90 Å². The Bertz CT molecular complexity index is 44.5. The van der Waals surface area contributed by atoms with Crippen LogP contribution in [0.15, 0.2) is 0 Å². The molecule has 0 aromatic rings. The molecule has 0 aromatic carbocycles. The average Bonchev–Trinajstić information content (AvgIpc) is 1.68. The zero-order chi connectivity index (χ0) is 6.41. The van der Waals surface area contributed by atoms with E-state index in [4.69, 9.17) is 10.2 Å². The van der Waals surface area contributed by atoms with Gasteiger partial charge in [0.05, 0.1) is 12.7 Å². The average molecular weight is 121 g/mol. The Morgan fingerprint density at radius 3 is 2.62 bits per heavy atom. The Balaban J connectivity index is 2.92. The van der Waals surface area contributed by atoms with Crippen molar-refractivity contribution in [2.75, 3.05) is 13.2 Å². The van der Waals surface area contributed by atoms with Gasteiger partial charge in [0.15, 0.2) is 0 Å². The highest BCUT2D eigenvalue weighted by molar-refractivity contribution is 4.49. The molecule has 4 nitrogen and oxygen atoms in total. The second kappa shape index (κ2) is 4.99. The van der Waals surface area contributed by atoms with Crippen molar-refractivity contribution < 1.29 is 15.1 Å². The second-order valence-corrected chi connectivity index (χ2v) is 1.50. The van der Waals surface area contributed by atoms with Crippen LogP contribution >= 0.6 is 0 Å². The predicted octanol–water partition coefficient (Wildman–Crippen LogP) is -1.38. The smallest absolute Gasteiger partial charge is 0.0939 e. The van der Waals surface area contributed by atoms with Crippen LogP contribution in [0.1, 0.15) is 6.42 Å². The maximum absolute atomic E-state index is 8.68. The topological polar surface area (TPSA) is 75.7 Å². The van der Waals surface area contributed by atoms with Gasteiger partial charge in [0.25, 0.3) is 0 Å². The third kappa shape index (κ3) is 4.01. The molecule has 0 fully saturated rings. The minimum atomic E-state index is -0.634. The number of hydrogen-bond donors (Lipinski definition) is 3. The van der Waals surface area contributed by atoms with Crippen molar-refractivity contribution in [2.24, 2.45) is 5.90 Å². The normalized spacial score (nSPS) is 13.9. The number of nitrogens with two attached hydrogens (primary N) is 1. The first-order valence-corrected chi connectivity index (χ1v) is 2.42. The summed E-state index contributed by atoms with van der Waals surface area (Å²) in [7, 11) is 0. The van der Waals surface area contributed by atoms with Gasteiger partial charge >= 0.3 is 0 Å². The highest BCUT2D eigenvalue weighted by atomic mass is 16.6. The molecule has 0 aliphatic rings. The summed E-state index contributed by atoms with van der Waals surface area (Å²) in [5, 5.41) is 16.9.